The minimum Gasteiger partial charge on any atom is -0.350 e. The molecular weight excluding hydrogens is 390 g/mol. The quantitative estimate of drug-likeness (QED) is 0.650. The molecule has 3 aromatic rings. The van der Waals surface area contributed by atoms with Gasteiger partial charge in [0.1, 0.15) is 18.2 Å². The van der Waals surface area contributed by atoms with Crippen molar-refractivity contribution in [3.63, 3.8) is 0 Å². The first-order valence-electron chi connectivity index (χ1n) is 9.35. The lowest BCUT2D eigenvalue weighted by Gasteiger charge is -2.15. The van der Waals surface area contributed by atoms with Crippen molar-refractivity contribution in [2.75, 3.05) is 5.32 Å². The fourth-order valence-corrected chi connectivity index (χ4v) is 3.10. The molecule has 0 unspecified atom stereocenters. The molecule has 2 N–H and O–H groups in total. The van der Waals surface area contributed by atoms with Crippen molar-refractivity contribution in [1.29, 1.82) is 0 Å². The van der Waals surface area contributed by atoms with Gasteiger partial charge in [-0.3, -0.25) is 14.2 Å². The van der Waals surface area contributed by atoms with E-state index in [1.54, 1.807) is 6.92 Å². The second-order valence-electron chi connectivity index (χ2n) is 7.16. The van der Waals surface area contributed by atoms with E-state index < -0.39 is 23.1 Å². The molecule has 0 fully saturated rings. The van der Waals surface area contributed by atoms with Gasteiger partial charge < -0.3 is 10.6 Å². The highest BCUT2D eigenvalue weighted by molar-refractivity contribution is 5.76. The Morgan fingerprint density at radius 3 is 2.40 bits per heavy atom. The van der Waals surface area contributed by atoms with Crippen molar-refractivity contribution in [1.82, 2.24) is 14.9 Å². The molecule has 0 radical (unpaired) electrons. The molecule has 0 bridgehead atoms. The highest BCUT2D eigenvalue weighted by atomic mass is 19.1. The zero-order valence-electron chi connectivity index (χ0n) is 16.9. The maximum atomic E-state index is 13.7. The third-order valence-corrected chi connectivity index (χ3v) is 4.41. The van der Waals surface area contributed by atoms with Crippen LogP contribution in [0.5, 0.6) is 0 Å². The summed E-state index contributed by atoms with van der Waals surface area (Å²) in [5.74, 6) is -1.72. The number of carbonyl (C=O) groups is 1. The number of amides is 1. The van der Waals surface area contributed by atoms with Gasteiger partial charge in [-0.05, 0) is 50.1 Å². The number of hydrogen-bond acceptors (Lipinski definition) is 4. The fraction of sp³-hybridized carbons (Fsp3) is 0.227. The topological polar surface area (TPSA) is 76.0 Å². The lowest BCUT2D eigenvalue weighted by Crippen LogP contribution is -2.33. The van der Waals surface area contributed by atoms with Gasteiger partial charge in [0.2, 0.25) is 11.9 Å². The van der Waals surface area contributed by atoms with Gasteiger partial charge in [0.05, 0.1) is 0 Å². The number of rotatable bonds is 6. The summed E-state index contributed by atoms with van der Waals surface area (Å²) in [4.78, 5) is 29.2. The van der Waals surface area contributed by atoms with Crippen LogP contribution < -0.4 is 16.2 Å². The number of hydrogen-bond donors (Lipinski definition) is 2. The third-order valence-electron chi connectivity index (χ3n) is 4.41. The zero-order valence-corrected chi connectivity index (χ0v) is 16.9. The lowest BCUT2D eigenvalue weighted by molar-refractivity contribution is -0.121. The average Bonchev–Trinajstić information content (AvgIpc) is 2.63. The monoisotopic (exact) mass is 412 g/mol. The minimum absolute atomic E-state index is 0.126. The van der Waals surface area contributed by atoms with Crippen LogP contribution in [0.15, 0.2) is 47.3 Å². The molecule has 1 heterocycles. The predicted octanol–water partition coefficient (Wildman–Crippen LogP) is 3.51. The van der Waals surface area contributed by atoms with Crippen LogP contribution in [-0.2, 0) is 17.9 Å². The molecule has 30 heavy (non-hydrogen) atoms. The van der Waals surface area contributed by atoms with E-state index in [0.717, 1.165) is 28.9 Å². The molecule has 0 spiro atoms. The molecule has 8 heteroatoms. The van der Waals surface area contributed by atoms with Crippen molar-refractivity contribution >= 4 is 17.5 Å². The number of nitrogens with zero attached hydrogens (tertiary/aromatic N) is 2. The Labute approximate surface area is 172 Å². The lowest BCUT2D eigenvalue weighted by atomic mass is 10.1. The molecule has 0 saturated carbocycles. The highest BCUT2D eigenvalue weighted by Crippen LogP contribution is 2.18. The molecule has 2 aromatic carbocycles. The number of aryl methyl sites for hydroxylation is 3. The Kier molecular flexibility index (Phi) is 6.25. The van der Waals surface area contributed by atoms with E-state index in [4.69, 9.17) is 0 Å². The van der Waals surface area contributed by atoms with E-state index in [1.807, 2.05) is 32.0 Å². The Bertz CT molecular complexity index is 1140. The van der Waals surface area contributed by atoms with Gasteiger partial charge in [-0.1, -0.05) is 12.1 Å². The van der Waals surface area contributed by atoms with Crippen LogP contribution in [0.3, 0.4) is 0 Å². The summed E-state index contributed by atoms with van der Waals surface area (Å²) in [6.07, 6.45) is 0. The number of anilines is 2. The van der Waals surface area contributed by atoms with E-state index in [2.05, 4.69) is 15.6 Å². The summed E-state index contributed by atoms with van der Waals surface area (Å²) >= 11 is 0. The van der Waals surface area contributed by atoms with Gasteiger partial charge in [-0.2, -0.15) is 0 Å². The van der Waals surface area contributed by atoms with Crippen molar-refractivity contribution in [3.05, 3.63) is 86.8 Å². The van der Waals surface area contributed by atoms with E-state index in [-0.39, 0.29) is 24.6 Å². The number of aromatic nitrogens is 2. The summed E-state index contributed by atoms with van der Waals surface area (Å²) in [6, 6.07) is 10.3. The van der Waals surface area contributed by atoms with Gasteiger partial charge in [0, 0.05) is 35.6 Å². The van der Waals surface area contributed by atoms with Gasteiger partial charge in [0.15, 0.2) is 0 Å². The van der Waals surface area contributed by atoms with Crippen LogP contribution >= 0.6 is 0 Å². The number of halogens is 2. The molecule has 0 aliphatic heterocycles. The van der Waals surface area contributed by atoms with Crippen LogP contribution in [-0.4, -0.2) is 15.5 Å². The molecule has 1 aromatic heterocycles. The zero-order chi connectivity index (χ0) is 21.8. The Morgan fingerprint density at radius 1 is 1.03 bits per heavy atom. The molecule has 0 aliphatic carbocycles. The van der Waals surface area contributed by atoms with E-state index in [9.17, 15) is 18.4 Å². The highest BCUT2D eigenvalue weighted by Gasteiger charge is 2.13. The average molecular weight is 412 g/mol. The molecule has 0 saturated heterocycles. The SMILES string of the molecule is Cc1cc(C)cc(Nc2nc(C)cc(=O)n2CC(=O)NCc2ccc(F)cc2F)c1. The van der Waals surface area contributed by atoms with Gasteiger partial charge in [-0.15, -0.1) is 0 Å². The van der Waals surface area contributed by atoms with Crippen LogP contribution in [0, 0.1) is 32.4 Å². The largest absolute Gasteiger partial charge is 0.350 e. The summed E-state index contributed by atoms with van der Waals surface area (Å²) in [6.45, 7) is 5.17. The molecule has 3 rings (SSSR count). The first-order chi connectivity index (χ1) is 14.2. The maximum absolute atomic E-state index is 13.7. The van der Waals surface area contributed by atoms with Gasteiger partial charge in [0.25, 0.3) is 5.56 Å². The van der Waals surface area contributed by atoms with Crippen molar-refractivity contribution in [3.8, 4) is 0 Å². The first-order valence-corrected chi connectivity index (χ1v) is 9.35. The summed E-state index contributed by atoms with van der Waals surface area (Å²) in [7, 11) is 0. The van der Waals surface area contributed by atoms with Crippen LogP contribution in [0.25, 0.3) is 0 Å². The van der Waals surface area contributed by atoms with E-state index in [1.165, 1.54) is 16.7 Å². The molecule has 0 aliphatic rings. The molecule has 156 valence electrons. The smallest absolute Gasteiger partial charge is 0.255 e. The fourth-order valence-electron chi connectivity index (χ4n) is 3.10. The van der Waals surface area contributed by atoms with Crippen LogP contribution in [0.2, 0.25) is 0 Å². The van der Waals surface area contributed by atoms with Crippen molar-refractivity contribution in [2.45, 2.75) is 33.9 Å². The van der Waals surface area contributed by atoms with Crippen molar-refractivity contribution in [2.24, 2.45) is 0 Å². The molecular formula is C22H22F2N4O2. The maximum Gasteiger partial charge on any atom is 0.255 e. The Hall–Kier alpha value is -3.55. The van der Waals surface area contributed by atoms with Crippen LogP contribution in [0.1, 0.15) is 22.4 Å². The normalized spacial score (nSPS) is 10.7. The Morgan fingerprint density at radius 2 is 1.73 bits per heavy atom. The molecule has 1 amide bonds. The molecule has 0 atom stereocenters. The number of carbonyl (C=O) groups excluding carboxylic acids is 1. The second kappa shape index (κ2) is 8.86. The summed E-state index contributed by atoms with van der Waals surface area (Å²) < 4.78 is 28.0. The standard InChI is InChI=1S/C22H22F2N4O2/c1-13-6-14(2)8-18(7-13)27-22-26-15(3)9-21(30)28(22)12-20(29)25-11-16-4-5-17(23)10-19(16)24/h4-10H,11-12H2,1-3H3,(H,25,29)(H,26,27). The van der Waals surface area contributed by atoms with E-state index in [0.29, 0.717) is 5.69 Å². The number of benzene rings is 2. The Balaban J connectivity index is 1.79. The molecule has 6 nitrogen and oxygen atoms in total. The third kappa shape index (κ3) is 5.28. The number of nitrogens with one attached hydrogen (secondary N) is 2. The van der Waals surface area contributed by atoms with E-state index >= 15 is 0 Å². The van der Waals surface area contributed by atoms with Crippen molar-refractivity contribution < 1.29 is 13.6 Å². The predicted molar refractivity (Wildman–Crippen MR) is 111 cm³/mol. The minimum atomic E-state index is -0.748. The van der Waals surface area contributed by atoms with Gasteiger partial charge >= 0.3 is 0 Å². The second-order valence-corrected chi connectivity index (χ2v) is 7.16. The summed E-state index contributed by atoms with van der Waals surface area (Å²) in [5, 5.41) is 5.64. The van der Waals surface area contributed by atoms with Gasteiger partial charge in [-0.25, -0.2) is 13.8 Å². The summed E-state index contributed by atoms with van der Waals surface area (Å²) in [5.41, 5.74) is 3.09. The van der Waals surface area contributed by atoms with Crippen LogP contribution in [0.4, 0.5) is 20.4 Å². The first kappa shape index (κ1) is 21.2.